The van der Waals surface area contributed by atoms with Gasteiger partial charge in [-0.1, -0.05) is 48.3 Å². The summed E-state index contributed by atoms with van der Waals surface area (Å²) in [6.07, 6.45) is 5.01. The molecule has 1 saturated carbocycles. The Morgan fingerprint density at radius 1 is 1.10 bits per heavy atom. The first-order chi connectivity index (χ1) is 9.63. The summed E-state index contributed by atoms with van der Waals surface area (Å²) in [5, 5.41) is 1.07. The monoisotopic (exact) mass is 324 g/mol. The highest BCUT2D eigenvalue weighted by Crippen LogP contribution is 2.34. The summed E-state index contributed by atoms with van der Waals surface area (Å²) in [6.45, 7) is 0. The molecule has 20 heavy (non-hydrogen) atoms. The fourth-order valence-corrected chi connectivity index (χ4v) is 3.23. The highest BCUT2D eigenvalue weighted by molar-refractivity contribution is 7.71. The third-order valence-corrected chi connectivity index (χ3v) is 4.70. The van der Waals surface area contributed by atoms with E-state index < -0.39 is 0 Å². The molecule has 1 heterocycles. The summed E-state index contributed by atoms with van der Waals surface area (Å²) in [6, 6.07) is 7.47. The third kappa shape index (κ3) is 2.90. The van der Waals surface area contributed by atoms with Gasteiger partial charge in [-0.05, 0) is 43.0 Å². The second kappa shape index (κ2) is 5.84. The maximum Gasteiger partial charge on any atom is 0.139 e. The van der Waals surface area contributed by atoms with Gasteiger partial charge in [0.2, 0.25) is 0 Å². The van der Waals surface area contributed by atoms with E-state index in [1.54, 1.807) is 6.07 Å². The second-order valence-corrected chi connectivity index (χ2v) is 6.37. The minimum absolute atomic E-state index is 0.525. The lowest BCUT2D eigenvalue weighted by molar-refractivity contribution is 0.694. The van der Waals surface area contributed by atoms with Gasteiger partial charge < -0.3 is 4.98 Å². The topological polar surface area (TPSA) is 28.7 Å². The van der Waals surface area contributed by atoms with Gasteiger partial charge in [-0.2, -0.15) is 0 Å². The molecule has 1 aliphatic carbocycles. The lowest BCUT2D eigenvalue weighted by Crippen LogP contribution is -2.00. The third-order valence-electron chi connectivity index (χ3n) is 3.75. The van der Waals surface area contributed by atoms with E-state index in [0.717, 1.165) is 11.4 Å². The molecule has 0 unspecified atom stereocenters. The van der Waals surface area contributed by atoms with Crippen LogP contribution in [-0.4, -0.2) is 9.97 Å². The van der Waals surface area contributed by atoms with Crippen LogP contribution >= 0.6 is 35.4 Å². The van der Waals surface area contributed by atoms with E-state index in [-0.39, 0.29) is 0 Å². The minimum Gasteiger partial charge on any atom is -0.343 e. The minimum atomic E-state index is 0.525. The number of nitrogens with zero attached hydrogens (tertiary/aromatic N) is 1. The molecule has 0 saturated heterocycles. The molecule has 1 aromatic heterocycles. The highest BCUT2D eigenvalue weighted by atomic mass is 35.5. The Morgan fingerprint density at radius 2 is 1.85 bits per heavy atom. The number of halogens is 2. The number of rotatable bonds is 2. The average Bonchev–Trinajstić information content (AvgIpc) is 2.95. The van der Waals surface area contributed by atoms with Crippen LogP contribution in [-0.2, 0) is 0 Å². The first kappa shape index (κ1) is 14.1. The smallest absolute Gasteiger partial charge is 0.139 e. The van der Waals surface area contributed by atoms with Crippen molar-refractivity contribution in [3.05, 3.63) is 44.6 Å². The van der Waals surface area contributed by atoms with Crippen LogP contribution in [0, 0.1) is 4.64 Å². The van der Waals surface area contributed by atoms with Gasteiger partial charge in [0.05, 0.1) is 10.0 Å². The number of aromatic nitrogens is 2. The van der Waals surface area contributed by atoms with Crippen LogP contribution in [0.25, 0.3) is 11.4 Å². The molecule has 0 atom stereocenters. The van der Waals surface area contributed by atoms with Crippen molar-refractivity contribution in [3.63, 3.8) is 0 Å². The van der Waals surface area contributed by atoms with Crippen LogP contribution in [0.2, 0.25) is 10.0 Å². The molecule has 1 fully saturated rings. The summed E-state index contributed by atoms with van der Waals surface area (Å²) in [4.78, 5) is 7.81. The molecule has 1 aromatic carbocycles. The molecule has 0 spiro atoms. The van der Waals surface area contributed by atoms with Crippen molar-refractivity contribution in [2.24, 2.45) is 0 Å². The molecule has 1 aliphatic rings. The van der Waals surface area contributed by atoms with Gasteiger partial charge in [0.1, 0.15) is 10.5 Å². The largest absolute Gasteiger partial charge is 0.343 e. The molecule has 0 aliphatic heterocycles. The van der Waals surface area contributed by atoms with Gasteiger partial charge in [0.15, 0.2) is 0 Å². The van der Waals surface area contributed by atoms with Crippen molar-refractivity contribution in [2.75, 3.05) is 0 Å². The zero-order chi connectivity index (χ0) is 14.1. The van der Waals surface area contributed by atoms with Crippen LogP contribution in [0.4, 0.5) is 0 Å². The Labute approximate surface area is 133 Å². The zero-order valence-electron chi connectivity index (χ0n) is 10.8. The highest BCUT2D eigenvalue weighted by Gasteiger charge is 2.18. The Kier molecular flexibility index (Phi) is 4.11. The molecule has 0 radical (unpaired) electrons. The maximum absolute atomic E-state index is 6.07. The Morgan fingerprint density at radius 3 is 2.55 bits per heavy atom. The van der Waals surface area contributed by atoms with E-state index in [9.17, 15) is 0 Å². The van der Waals surface area contributed by atoms with Crippen molar-refractivity contribution in [2.45, 2.75) is 31.6 Å². The molecule has 1 N–H and O–H groups in total. The number of hydrogen-bond acceptors (Lipinski definition) is 2. The number of nitrogens with one attached hydrogen (secondary N) is 1. The quantitative estimate of drug-likeness (QED) is 0.710. The maximum atomic E-state index is 6.07. The van der Waals surface area contributed by atoms with E-state index in [1.165, 1.54) is 31.4 Å². The lowest BCUT2D eigenvalue weighted by atomic mass is 10.0. The SMILES string of the molecule is S=c1cc(C2CCCC2)[nH]c(-c2ccc(Cl)c(Cl)c2)n1. The zero-order valence-corrected chi connectivity index (χ0v) is 13.2. The predicted octanol–water partition coefficient (Wildman–Crippen LogP) is 5.77. The van der Waals surface area contributed by atoms with Crippen LogP contribution < -0.4 is 0 Å². The first-order valence-electron chi connectivity index (χ1n) is 6.70. The van der Waals surface area contributed by atoms with E-state index in [2.05, 4.69) is 9.97 Å². The molecular formula is C15H14Cl2N2S. The van der Waals surface area contributed by atoms with Crippen LogP contribution in [0.5, 0.6) is 0 Å². The summed E-state index contributed by atoms with van der Waals surface area (Å²) in [5.74, 6) is 1.33. The van der Waals surface area contributed by atoms with E-state index in [0.29, 0.717) is 20.6 Å². The van der Waals surface area contributed by atoms with E-state index >= 15 is 0 Å². The molecule has 0 amide bonds. The Hall–Kier alpha value is -0.900. The Balaban J connectivity index is 2.04. The first-order valence-corrected chi connectivity index (χ1v) is 7.86. The molecule has 104 valence electrons. The summed E-state index contributed by atoms with van der Waals surface area (Å²) in [7, 11) is 0. The van der Waals surface area contributed by atoms with Crippen molar-refractivity contribution in [1.82, 2.24) is 9.97 Å². The van der Waals surface area contributed by atoms with Crippen molar-refractivity contribution in [1.29, 1.82) is 0 Å². The van der Waals surface area contributed by atoms with Crippen molar-refractivity contribution < 1.29 is 0 Å². The molecule has 2 aromatic rings. The number of hydrogen-bond donors (Lipinski definition) is 1. The number of benzene rings is 1. The molecule has 0 bridgehead atoms. The van der Waals surface area contributed by atoms with Crippen LogP contribution in [0.15, 0.2) is 24.3 Å². The van der Waals surface area contributed by atoms with Gasteiger partial charge in [0, 0.05) is 11.3 Å². The Bertz CT molecular complexity index is 691. The molecular weight excluding hydrogens is 311 g/mol. The fraction of sp³-hybridized carbons (Fsp3) is 0.333. The van der Waals surface area contributed by atoms with Crippen LogP contribution in [0.3, 0.4) is 0 Å². The van der Waals surface area contributed by atoms with E-state index in [1.807, 2.05) is 18.2 Å². The molecule has 3 rings (SSSR count). The standard InChI is InChI=1S/C15H14Cl2N2S/c16-11-6-5-10(7-12(11)17)15-18-13(8-14(20)19-15)9-3-1-2-4-9/h5-9H,1-4H2,(H,18,19,20). The summed E-state index contributed by atoms with van der Waals surface area (Å²) >= 11 is 17.3. The van der Waals surface area contributed by atoms with Gasteiger partial charge in [-0.3, -0.25) is 0 Å². The summed E-state index contributed by atoms with van der Waals surface area (Å²) in [5.41, 5.74) is 2.09. The lowest BCUT2D eigenvalue weighted by Gasteiger charge is -2.12. The molecule has 5 heteroatoms. The second-order valence-electron chi connectivity index (χ2n) is 5.13. The normalized spacial score (nSPS) is 15.7. The average molecular weight is 325 g/mol. The predicted molar refractivity (Wildman–Crippen MR) is 86.1 cm³/mol. The number of H-pyrrole nitrogens is 1. The van der Waals surface area contributed by atoms with Gasteiger partial charge >= 0.3 is 0 Å². The van der Waals surface area contributed by atoms with Crippen molar-refractivity contribution in [3.8, 4) is 11.4 Å². The van der Waals surface area contributed by atoms with Gasteiger partial charge in [0.25, 0.3) is 0 Å². The van der Waals surface area contributed by atoms with E-state index in [4.69, 9.17) is 35.4 Å². The van der Waals surface area contributed by atoms with Crippen LogP contribution in [0.1, 0.15) is 37.3 Å². The summed E-state index contributed by atoms with van der Waals surface area (Å²) < 4.78 is 0.617. The number of aromatic amines is 1. The van der Waals surface area contributed by atoms with Crippen molar-refractivity contribution >= 4 is 35.4 Å². The van der Waals surface area contributed by atoms with Gasteiger partial charge in [-0.15, -0.1) is 0 Å². The van der Waals surface area contributed by atoms with Gasteiger partial charge in [-0.25, -0.2) is 4.98 Å². The fourth-order valence-electron chi connectivity index (χ4n) is 2.71. The molecule has 2 nitrogen and oxygen atoms in total.